The van der Waals surface area contributed by atoms with Gasteiger partial charge in [0.25, 0.3) is 0 Å². The van der Waals surface area contributed by atoms with E-state index in [1.807, 2.05) is 37.3 Å². The summed E-state index contributed by atoms with van der Waals surface area (Å²) in [5.74, 6) is 0.298. The molecule has 2 N–H and O–H groups in total. The normalized spacial score (nSPS) is 11.3. The molecule has 1 amide bonds. The predicted octanol–water partition coefficient (Wildman–Crippen LogP) is 7.21. The number of hydrogen-bond donors (Lipinski definition) is 2. The van der Waals surface area contributed by atoms with Gasteiger partial charge in [-0.2, -0.15) is 0 Å². The Kier molecular flexibility index (Phi) is 7.15. The van der Waals surface area contributed by atoms with Crippen LogP contribution in [0.4, 0.5) is 11.4 Å². The fourth-order valence-electron chi connectivity index (χ4n) is 2.80. The summed E-state index contributed by atoms with van der Waals surface area (Å²) >= 11 is 12.4. The van der Waals surface area contributed by atoms with Crippen LogP contribution in [-0.2, 0) is 4.79 Å². The molecule has 1 heterocycles. The third-order valence-corrected chi connectivity index (χ3v) is 7.54. The monoisotopic (exact) mass is 545 g/mol. The number of hydrogen-bond acceptors (Lipinski definition) is 6. The van der Waals surface area contributed by atoms with E-state index in [0.717, 1.165) is 30.3 Å². The Morgan fingerprint density at radius 1 is 1.25 bits per heavy atom. The SMILES string of the molecule is Cc1ccc(NC(=O)CSc2nc3ccc(N=Cc4cc(Br)ccc4O)cc3s2)cc1Cl. The van der Waals surface area contributed by atoms with Gasteiger partial charge in [-0.05, 0) is 61.0 Å². The standard InChI is InChI=1S/C23H17BrClN3O2S2/c1-13-2-4-17(9-18(13)25)27-22(30)12-31-23-28-19-6-5-16(10-21(19)32-23)26-11-14-8-15(24)3-7-20(14)29/h2-11,29H,12H2,1H3,(H,27,30). The summed E-state index contributed by atoms with van der Waals surface area (Å²) in [5.41, 5.74) is 3.87. The van der Waals surface area contributed by atoms with E-state index in [2.05, 4.69) is 31.2 Å². The molecule has 0 atom stereocenters. The highest BCUT2D eigenvalue weighted by Crippen LogP contribution is 2.32. The maximum Gasteiger partial charge on any atom is 0.234 e. The average molecular weight is 547 g/mol. The van der Waals surface area contributed by atoms with Gasteiger partial charge in [0.2, 0.25) is 5.91 Å². The molecule has 5 nitrogen and oxygen atoms in total. The molecule has 0 bridgehead atoms. The van der Waals surface area contributed by atoms with Crippen LogP contribution in [0.5, 0.6) is 5.75 Å². The van der Waals surface area contributed by atoms with Crippen molar-refractivity contribution in [2.24, 2.45) is 4.99 Å². The number of phenolic OH excluding ortho intramolecular Hbond substituents is 1. The van der Waals surface area contributed by atoms with Crippen LogP contribution in [0, 0.1) is 6.92 Å². The van der Waals surface area contributed by atoms with E-state index in [4.69, 9.17) is 11.6 Å². The van der Waals surface area contributed by atoms with Gasteiger partial charge in [0.05, 0.1) is 21.7 Å². The summed E-state index contributed by atoms with van der Waals surface area (Å²) in [7, 11) is 0. The smallest absolute Gasteiger partial charge is 0.234 e. The lowest BCUT2D eigenvalue weighted by Gasteiger charge is -2.06. The number of carbonyl (C=O) groups excluding carboxylic acids is 1. The second-order valence-corrected chi connectivity index (χ2v) is 10.5. The average Bonchev–Trinajstić information content (AvgIpc) is 3.18. The fraction of sp³-hybridized carbons (Fsp3) is 0.0870. The number of anilines is 1. The van der Waals surface area contributed by atoms with Gasteiger partial charge < -0.3 is 10.4 Å². The van der Waals surface area contributed by atoms with Gasteiger partial charge in [0.15, 0.2) is 4.34 Å². The zero-order valence-corrected chi connectivity index (χ0v) is 20.8. The van der Waals surface area contributed by atoms with Crippen LogP contribution in [0.3, 0.4) is 0 Å². The van der Waals surface area contributed by atoms with E-state index < -0.39 is 0 Å². The minimum absolute atomic E-state index is 0.117. The van der Waals surface area contributed by atoms with E-state index in [1.165, 1.54) is 23.1 Å². The van der Waals surface area contributed by atoms with Gasteiger partial charge in [0.1, 0.15) is 5.75 Å². The lowest BCUT2D eigenvalue weighted by atomic mass is 10.2. The number of aliphatic imine (C=N–C) groups is 1. The highest BCUT2D eigenvalue weighted by molar-refractivity contribution is 9.10. The highest BCUT2D eigenvalue weighted by Gasteiger charge is 2.09. The minimum Gasteiger partial charge on any atom is -0.507 e. The number of nitrogens with one attached hydrogen (secondary N) is 1. The molecule has 0 spiro atoms. The van der Waals surface area contributed by atoms with E-state index in [1.54, 1.807) is 30.5 Å². The number of aromatic nitrogens is 1. The first-order valence-corrected chi connectivity index (χ1v) is 12.5. The predicted molar refractivity (Wildman–Crippen MR) is 138 cm³/mol. The van der Waals surface area contributed by atoms with E-state index in [0.29, 0.717) is 16.3 Å². The third kappa shape index (κ3) is 5.69. The molecule has 4 rings (SSSR count). The summed E-state index contributed by atoms with van der Waals surface area (Å²) < 4.78 is 2.65. The van der Waals surface area contributed by atoms with Crippen molar-refractivity contribution in [1.29, 1.82) is 0 Å². The van der Waals surface area contributed by atoms with Crippen LogP contribution in [0.15, 0.2) is 68.4 Å². The van der Waals surface area contributed by atoms with Gasteiger partial charge in [-0.25, -0.2) is 4.98 Å². The first-order chi connectivity index (χ1) is 15.4. The van der Waals surface area contributed by atoms with Gasteiger partial charge in [-0.3, -0.25) is 9.79 Å². The van der Waals surface area contributed by atoms with Crippen LogP contribution in [0.25, 0.3) is 10.2 Å². The summed E-state index contributed by atoms with van der Waals surface area (Å²) in [6.45, 7) is 1.91. The molecule has 0 unspecified atom stereocenters. The molecule has 0 saturated carbocycles. The van der Waals surface area contributed by atoms with E-state index in [-0.39, 0.29) is 17.4 Å². The molecular formula is C23H17BrClN3O2S2. The van der Waals surface area contributed by atoms with Crippen molar-refractivity contribution in [2.45, 2.75) is 11.3 Å². The molecule has 0 aliphatic rings. The van der Waals surface area contributed by atoms with Gasteiger partial charge >= 0.3 is 0 Å². The first-order valence-electron chi connectivity index (χ1n) is 9.49. The molecule has 0 aliphatic heterocycles. The second kappa shape index (κ2) is 10.0. The number of carbonyl (C=O) groups is 1. The largest absolute Gasteiger partial charge is 0.507 e. The summed E-state index contributed by atoms with van der Waals surface area (Å²) in [5, 5.41) is 13.4. The number of aryl methyl sites for hydroxylation is 1. The number of nitrogens with zero attached hydrogens (tertiary/aromatic N) is 2. The number of halogens is 2. The number of benzene rings is 3. The second-order valence-electron chi connectivity index (χ2n) is 6.89. The lowest BCUT2D eigenvalue weighted by Crippen LogP contribution is -2.13. The van der Waals surface area contributed by atoms with Crippen LogP contribution in [-0.4, -0.2) is 28.0 Å². The molecule has 0 radical (unpaired) electrons. The van der Waals surface area contributed by atoms with Crippen LogP contribution in [0.1, 0.15) is 11.1 Å². The Morgan fingerprint density at radius 3 is 2.91 bits per heavy atom. The van der Waals surface area contributed by atoms with Crippen LogP contribution >= 0.6 is 50.6 Å². The van der Waals surface area contributed by atoms with Crippen LogP contribution in [0.2, 0.25) is 5.02 Å². The number of fused-ring (bicyclic) bond motifs is 1. The van der Waals surface area contributed by atoms with Crippen molar-refractivity contribution in [3.05, 3.63) is 75.2 Å². The maximum absolute atomic E-state index is 12.3. The zero-order chi connectivity index (χ0) is 22.7. The van der Waals surface area contributed by atoms with E-state index >= 15 is 0 Å². The topological polar surface area (TPSA) is 74.6 Å². The number of amides is 1. The molecule has 32 heavy (non-hydrogen) atoms. The Bertz CT molecular complexity index is 1340. The first kappa shape index (κ1) is 22.8. The molecule has 1 aromatic heterocycles. The maximum atomic E-state index is 12.3. The number of phenols is 1. The van der Waals surface area contributed by atoms with Crippen molar-refractivity contribution >= 4 is 84.3 Å². The molecule has 0 fully saturated rings. The number of rotatable bonds is 6. The van der Waals surface area contributed by atoms with Crippen molar-refractivity contribution < 1.29 is 9.90 Å². The number of thioether (sulfide) groups is 1. The van der Waals surface area contributed by atoms with Crippen molar-refractivity contribution in [3.8, 4) is 5.75 Å². The Balaban J connectivity index is 1.41. The van der Waals surface area contributed by atoms with Crippen molar-refractivity contribution in [3.63, 3.8) is 0 Å². The van der Waals surface area contributed by atoms with Gasteiger partial charge in [-0.15, -0.1) is 11.3 Å². The van der Waals surface area contributed by atoms with Crippen LogP contribution < -0.4 is 5.32 Å². The third-order valence-electron chi connectivity index (χ3n) is 4.48. The Labute approximate surface area is 206 Å². The number of aromatic hydroxyl groups is 1. The summed E-state index contributed by atoms with van der Waals surface area (Å²) in [4.78, 5) is 21.3. The Hall–Kier alpha value is -2.39. The molecule has 4 aromatic rings. The molecule has 9 heteroatoms. The Morgan fingerprint density at radius 2 is 2.09 bits per heavy atom. The molecule has 3 aromatic carbocycles. The lowest BCUT2D eigenvalue weighted by molar-refractivity contribution is -0.113. The summed E-state index contributed by atoms with van der Waals surface area (Å²) in [6, 6.07) is 16.3. The molecule has 0 aliphatic carbocycles. The number of thiazole rings is 1. The highest BCUT2D eigenvalue weighted by atomic mass is 79.9. The van der Waals surface area contributed by atoms with Crippen molar-refractivity contribution in [1.82, 2.24) is 4.98 Å². The van der Waals surface area contributed by atoms with Gasteiger partial charge in [-0.1, -0.05) is 45.4 Å². The van der Waals surface area contributed by atoms with Crippen molar-refractivity contribution in [2.75, 3.05) is 11.1 Å². The molecular weight excluding hydrogens is 530 g/mol. The fourth-order valence-corrected chi connectivity index (χ4v) is 5.26. The van der Waals surface area contributed by atoms with E-state index in [9.17, 15) is 9.90 Å². The minimum atomic E-state index is -0.117. The molecule has 0 saturated heterocycles. The molecule has 162 valence electrons. The zero-order valence-electron chi connectivity index (χ0n) is 16.8. The van der Waals surface area contributed by atoms with Gasteiger partial charge in [0, 0.05) is 27.0 Å². The quantitative estimate of drug-likeness (QED) is 0.198. The summed E-state index contributed by atoms with van der Waals surface area (Å²) in [6.07, 6.45) is 1.62.